The predicted molar refractivity (Wildman–Crippen MR) is 87.2 cm³/mol. The van der Waals surface area contributed by atoms with E-state index in [0.29, 0.717) is 6.54 Å². The van der Waals surface area contributed by atoms with Crippen LogP contribution in [0.15, 0.2) is 30.5 Å². The Morgan fingerprint density at radius 3 is 2.71 bits per heavy atom. The molecule has 1 aromatic heterocycles. The molecule has 2 aromatic rings. The Kier molecular flexibility index (Phi) is 6.14. The fraction of sp³-hybridized carbons (Fsp3) is 0.312. The summed E-state index contributed by atoms with van der Waals surface area (Å²) in [6.45, 7) is 1.40. The van der Waals surface area contributed by atoms with Crippen LogP contribution in [0, 0.1) is 11.6 Å². The molecule has 2 rings (SSSR count). The topological polar surface area (TPSA) is 70.2 Å². The summed E-state index contributed by atoms with van der Waals surface area (Å²) in [6, 6.07) is 4.83. The second kappa shape index (κ2) is 8.30. The molecule has 0 aliphatic heterocycles. The van der Waals surface area contributed by atoms with Crippen molar-refractivity contribution in [1.29, 1.82) is 0 Å². The van der Waals surface area contributed by atoms with Crippen LogP contribution in [0.3, 0.4) is 0 Å². The average Bonchev–Trinajstić information content (AvgIpc) is 2.55. The van der Waals surface area contributed by atoms with Crippen molar-refractivity contribution in [3.05, 3.63) is 47.8 Å². The number of nitrogens with zero attached hydrogens (tertiary/aromatic N) is 3. The summed E-state index contributed by atoms with van der Waals surface area (Å²) in [5.74, 6) is -2.10. The lowest BCUT2D eigenvalue weighted by molar-refractivity contribution is 0.0947. The first kappa shape index (κ1) is 17.7. The van der Waals surface area contributed by atoms with E-state index in [1.54, 1.807) is 0 Å². The van der Waals surface area contributed by atoms with Gasteiger partial charge in [0.2, 0.25) is 5.95 Å². The van der Waals surface area contributed by atoms with Crippen LogP contribution >= 0.6 is 0 Å². The van der Waals surface area contributed by atoms with Crippen LogP contribution in [0.25, 0.3) is 0 Å². The Morgan fingerprint density at radius 2 is 2.00 bits per heavy atom. The average molecular weight is 335 g/mol. The lowest BCUT2D eigenvalue weighted by Crippen LogP contribution is -2.28. The molecule has 8 heteroatoms. The van der Waals surface area contributed by atoms with Gasteiger partial charge in [-0.05, 0) is 45.3 Å². The van der Waals surface area contributed by atoms with Crippen molar-refractivity contribution in [1.82, 2.24) is 20.2 Å². The quantitative estimate of drug-likeness (QED) is 0.759. The van der Waals surface area contributed by atoms with Crippen LogP contribution in [0.2, 0.25) is 0 Å². The minimum absolute atomic E-state index is 0.127. The molecular weight excluding hydrogens is 316 g/mol. The Labute approximate surface area is 138 Å². The molecule has 0 saturated carbocycles. The summed E-state index contributed by atoms with van der Waals surface area (Å²) in [5.41, 5.74) is 0.484. The third-order valence-corrected chi connectivity index (χ3v) is 3.13. The minimum atomic E-state index is -0.977. The van der Waals surface area contributed by atoms with Crippen molar-refractivity contribution >= 4 is 17.5 Å². The van der Waals surface area contributed by atoms with Gasteiger partial charge >= 0.3 is 0 Å². The summed E-state index contributed by atoms with van der Waals surface area (Å²) in [6.07, 6.45) is 2.24. The molecule has 6 nitrogen and oxygen atoms in total. The van der Waals surface area contributed by atoms with Crippen molar-refractivity contribution in [2.75, 3.05) is 32.5 Å². The number of carbonyl (C=O) groups is 1. The van der Waals surface area contributed by atoms with Crippen LogP contribution < -0.4 is 10.6 Å². The molecule has 0 atom stereocenters. The molecule has 1 amide bonds. The Bertz CT molecular complexity index is 709. The number of carbonyl (C=O) groups excluding carboxylic acids is 1. The first-order valence-electron chi connectivity index (χ1n) is 7.44. The number of hydrogen-bond acceptors (Lipinski definition) is 5. The maximum Gasteiger partial charge on any atom is 0.270 e. The summed E-state index contributed by atoms with van der Waals surface area (Å²) >= 11 is 0. The van der Waals surface area contributed by atoms with Crippen LogP contribution in [0.5, 0.6) is 0 Å². The molecule has 1 aromatic carbocycles. The van der Waals surface area contributed by atoms with Crippen LogP contribution in [0.1, 0.15) is 16.9 Å². The van der Waals surface area contributed by atoms with E-state index in [4.69, 9.17) is 0 Å². The van der Waals surface area contributed by atoms with Gasteiger partial charge in [0, 0.05) is 24.5 Å². The van der Waals surface area contributed by atoms with Crippen LogP contribution in [-0.2, 0) is 0 Å². The number of halogens is 2. The summed E-state index contributed by atoms with van der Waals surface area (Å²) in [7, 11) is 3.92. The zero-order chi connectivity index (χ0) is 17.5. The van der Waals surface area contributed by atoms with E-state index < -0.39 is 11.6 Å². The first-order valence-corrected chi connectivity index (χ1v) is 7.44. The van der Waals surface area contributed by atoms with E-state index in [-0.39, 0.29) is 23.2 Å². The zero-order valence-corrected chi connectivity index (χ0v) is 13.5. The van der Waals surface area contributed by atoms with E-state index in [0.717, 1.165) is 25.1 Å². The zero-order valence-electron chi connectivity index (χ0n) is 13.5. The van der Waals surface area contributed by atoms with Gasteiger partial charge in [-0.15, -0.1) is 0 Å². The third-order valence-electron chi connectivity index (χ3n) is 3.13. The number of rotatable bonds is 7. The van der Waals surface area contributed by atoms with Gasteiger partial charge in [0.05, 0.1) is 0 Å². The molecule has 2 N–H and O–H groups in total. The van der Waals surface area contributed by atoms with Gasteiger partial charge in [-0.2, -0.15) is 0 Å². The molecule has 0 fully saturated rings. The van der Waals surface area contributed by atoms with Gasteiger partial charge in [-0.25, -0.2) is 18.7 Å². The minimum Gasteiger partial charge on any atom is -0.351 e. The van der Waals surface area contributed by atoms with E-state index in [1.165, 1.54) is 18.3 Å². The highest BCUT2D eigenvalue weighted by atomic mass is 19.2. The van der Waals surface area contributed by atoms with E-state index in [1.807, 2.05) is 19.0 Å². The number of aromatic nitrogens is 2. The molecule has 128 valence electrons. The molecule has 0 radical (unpaired) electrons. The fourth-order valence-electron chi connectivity index (χ4n) is 1.94. The van der Waals surface area contributed by atoms with Crippen molar-refractivity contribution in [3.63, 3.8) is 0 Å². The van der Waals surface area contributed by atoms with Gasteiger partial charge in [0.15, 0.2) is 11.6 Å². The lowest BCUT2D eigenvalue weighted by Gasteiger charge is -2.10. The smallest absolute Gasteiger partial charge is 0.270 e. The van der Waals surface area contributed by atoms with Gasteiger partial charge < -0.3 is 15.5 Å². The molecule has 24 heavy (non-hydrogen) atoms. The number of anilines is 2. The van der Waals surface area contributed by atoms with Crippen molar-refractivity contribution < 1.29 is 13.6 Å². The van der Waals surface area contributed by atoms with E-state index >= 15 is 0 Å². The first-order chi connectivity index (χ1) is 11.5. The summed E-state index contributed by atoms with van der Waals surface area (Å²) in [5, 5.41) is 5.50. The maximum absolute atomic E-state index is 13.2. The number of benzene rings is 1. The van der Waals surface area contributed by atoms with Gasteiger partial charge in [-0.3, -0.25) is 4.79 Å². The molecule has 0 spiro atoms. The van der Waals surface area contributed by atoms with E-state index in [9.17, 15) is 13.6 Å². The molecule has 1 heterocycles. The molecule has 0 saturated heterocycles. The highest BCUT2D eigenvalue weighted by Crippen LogP contribution is 2.16. The van der Waals surface area contributed by atoms with Crippen LogP contribution in [0.4, 0.5) is 20.4 Å². The summed E-state index contributed by atoms with van der Waals surface area (Å²) < 4.78 is 26.1. The van der Waals surface area contributed by atoms with Crippen molar-refractivity contribution in [2.45, 2.75) is 6.42 Å². The highest BCUT2D eigenvalue weighted by molar-refractivity contribution is 5.92. The highest BCUT2D eigenvalue weighted by Gasteiger charge is 2.09. The van der Waals surface area contributed by atoms with E-state index in [2.05, 4.69) is 20.6 Å². The predicted octanol–water partition coefficient (Wildman–Crippen LogP) is 2.18. The third kappa shape index (κ3) is 5.24. The monoisotopic (exact) mass is 335 g/mol. The molecule has 0 bridgehead atoms. The second-order valence-corrected chi connectivity index (χ2v) is 5.43. The summed E-state index contributed by atoms with van der Waals surface area (Å²) in [4.78, 5) is 22.1. The van der Waals surface area contributed by atoms with Crippen LogP contribution in [-0.4, -0.2) is 48.0 Å². The number of nitrogens with one attached hydrogen (secondary N) is 2. The SMILES string of the molecule is CN(C)CCCNC(=O)c1ccnc(Nc2ccc(F)c(F)c2)n1. The maximum atomic E-state index is 13.2. The lowest BCUT2D eigenvalue weighted by atomic mass is 10.3. The normalized spacial score (nSPS) is 10.7. The fourth-order valence-corrected chi connectivity index (χ4v) is 1.94. The number of amides is 1. The van der Waals surface area contributed by atoms with Crippen molar-refractivity contribution in [3.8, 4) is 0 Å². The molecule has 0 unspecified atom stereocenters. The van der Waals surface area contributed by atoms with Crippen molar-refractivity contribution in [2.24, 2.45) is 0 Å². The van der Waals surface area contributed by atoms with Gasteiger partial charge in [0.25, 0.3) is 5.91 Å². The Hall–Kier alpha value is -2.61. The molecule has 0 aliphatic carbocycles. The second-order valence-electron chi connectivity index (χ2n) is 5.43. The number of hydrogen-bond donors (Lipinski definition) is 2. The van der Waals surface area contributed by atoms with Gasteiger partial charge in [0.1, 0.15) is 5.69 Å². The Balaban J connectivity index is 1.97. The van der Waals surface area contributed by atoms with Gasteiger partial charge in [-0.1, -0.05) is 0 Å². The molecule has 0 aliphatic rings. The molecular formula is C16H19F2N5O. The Morgan fingerprint density at radius 1 is 1.21 bits per heavy atom. The standard InChI is InChI=1S/C16H19F2N5O/c1-23(2)9-3-7-19-15(24)14-6-8-20-16(22-14)21-11-4-5-12(17)13(18)10-11/h4-6,8,10H,3,7,9H2,1-2H3,(H,19,24)(H,20,21,22). The largest absolute Gasteiger partial charge is 0.351 e.